The van der Waals surface area contributed by atoms with Crippen LogP contribution in [0.4, 0.5) is 5.69 Å². The number of Topliss-reactive ketones (excluding diaryl/α,β-unsaturated/α-hetero) is 1. The van der Waals surface area contributed by atoms with Crippen LogP contribution in [0.2, 0.25) is 0 Å². The average Bonchev–Trinajstić information content (AvgIpc) is 2.80. The minimum atomic E-state index is -3.48. The number of aliphatic hydroxyl groups excluding tert-OH is 2. The minimum Gasteiger partial charge on any atom is -0.506 e. The molecule has 0 aliphatic heterocycles. The number of allylic oxidation sites excluding steroid dienone is 1. The molecule has 3 N–H and O–H groups in total. The Morgan fingerprint density at radius 3 is 2.42 bits per heavy atom. The third-order valence-corrected chi connectivity index (χ3v) is 7.35. The van der Waals surface area contributed by atoms with Gasteiger partial charge in [0.1, 0.15) is 5.76 Å². The van der Waals surface area contributed by atoms with Crippen LogP contribution in [0.3, 0.4) is 0 Å². The van der Waals surface area contributed by atoms with E-state index < -0.39 is 15.4 Å². The molecule has 2 aromatic carbocycles. The van der Waals surface area contributed by atoms with E-state index in [1.54, 1.807) is 24.3 Å². The molecule has 190 valence electrons. The number of carbonyl (C=O) groups is 1. The summed E-state index contributed by atoms with van der Waals surface area (Å²) in [5, 5.41) is 22.0. The highest BCUT2D eigenvalue weighted by Crippen LogP contribution is 2.46. The van der Waals surface area contributed by atoms with Gasteiger partial charge in [-0.15, -0.1) is 0 Å². The number of nitrogens with zero attached hydrogens (tertiary/aromatic N) is 1. The molecule has 1 aliphatic carbocycles. The number of nitrogens with one attached hydrogen (secondary N) is 1. The van der Waals surface area contributed by atoms with E-state index in [2.05, 4.69) is 30.5 Å². The van der Waals surface area contributed by atoms with Gasteiger partial charge in [-0.05, 0) is 60.6 Å². The first-order valence-electron chi connectivity index (χ1n) is 11.8. The first-order chi connectivity index (χ1) is 16.7. The molecule has 3 aromatic rings. The fourth-order valence-corrected chi connectivity index (χ4v) is 5.31. The number of carbonyl (C=O) groups excluding carboxylic acids is 1. The molecule has 1 heterocycles. The molecule has 0 fully saturated rings. The van der Waals surface area contributed by atoms with Crippen LogP contribution in [0.25, 0.3) is 22.2 Å². The highest BCUT2D eigenvalue weighted by molar-refractivity contribution is 7.92. The first-order valence-corrected chi connectivity index (χ1v) is 13.7. The zero-order valence-corrected chi connectivity index (χ0v) is 22.0. The summed E-state index contributed by atoms with van der Waals surface area (Å²) in [7, 11) is -3.48. The number of sulfonamides is 1. The maximum absolute atomic E-state index is 14.1. The van der Waals surface area contributed by atoms with Crippen LogP contribution in [0.5, 0.6) is 0 Å². The molecule has 0 spiro atoms. The zero-order chi connectivity index (χ0) is 26.5. The summed E-state index contributed by atoms with van der Waals surface area (Å²) in [6, 6.07) is 13.8. The second-order valence-electron chi connectivity index (χ2n) is 10.9. The number of hydrogen-bond donors (Lipinski definition) is 3. The third-order valence-electron chi connectivity index (χ3n) is 6.74. The minimum absolute atomic E-state index is 0.0184. The Kier molecular flexibility index (Phi) is 6.47. The van der Waals surface area contributed by atoms with Crippen LogP contribution >= 0.6 is 0 Å². The third kappa shape index (κ3) is 4.88. The molecule has 1 atom stereocenters. The van der Waals surface area contributed by atoms with E-state index in [1.807, 2.05) is 31.2 Å². The number of anilines is 1. The topological polar surface area (TPSA) is 117 Å². The van der Waals surface area contributed by atoms with Crippen molar-refractivity contribution in [3.8, 4) is 0 Å². The number of benzene rings is 2. The molecule has 36 heavy (non-hydrogen) atoms. The van der Waals surface area contributed by atoms with Gasteiger partial charge in [0, 0.05) is 16.6 Å². The normalized spacial score (nSPS) is 18.4. The van der Waals surface area contributed by atoms with Gasteiger partial charge in [-0.25, -0.2) is 13.4 Å². The van der Waals surface area contributed by atoms with Gasteiger partial charge >= 0.3 is 0 Å². The van der Waals surface area contributed by atoms with Crippen LogP contribution < -0.4 is 4.72 Å². The molecular formula is C28H32N2O5S. The van der Waals surface area contributed by atoms with Gasteiger partial charge in [-0.3, -0.25) is 9.52 Å². The SMILES string of the molecule is CC(C)(C)CC[C@@]1(C)C(=O)C(c2cc(CO)c3cc(NS(C)(=O)=O)ccc3n2)=C(O)c2ccccc21. The summed E-state index contributed by atoms with van der Waals surface area (Å²) >= 11 is 0. The average molecular weight is 509 g/mol. The smallest absolute Gasteiger partial charge is 0.229 e. The number of hydrogen-bond acceptors (Lipinski definition) is 6. The van der Waals surface area contributed by atoms with E-state index in [0.29, 0.717) is 34.1 Å². The molecule has 0 saturated carbocycles. The molecule has 1 aliphatic rings. The molecule has 1 aromatic heterocycles. The van der Waals surface area contributed by atoms with Crippen molar-refractivity contribution in [2.45, 2.75) is 52.6 Å². The van der Waals surface area contributed by atoms with Crippen molar-refractivity contribution in [2.75, 3.05) is 11.0 Å². The van der Waals surface area contributed by atoms with Crippen LogP contribution in [0.1, 0.15) is 62.9 Å². The van der Waals surface area contributed by atoms with Crippen molar-refractivity contribution in [3.63, 3.8) is 0 Å². The van der Waals surface area contributed by atoms with Crippen molar-refractivity contribution < 1.29 is 23.4 Å². The van der Waals surface area contributed by atoms with Crippen LogP contribution in [-0.2, 0) is 26.8 Å². The zero-order valence-electron chi connectivity index (χ0n) is 21.2. The summed E-state index contributed by atoms with van der Waals surface area (Å²) in [5.74, 6) is -0.344. The summed E-state index contributed by atoms with van der Waals surface area (Å²) < 4.78 is 25.7. The Labute approximate surface area is 211 Å². The first kappa shape index (κ1) is 25.9. The maximum Gasteiger partial charge on any atom is 0.229 e. The molecule has 0 radical (unpaired) electrons. The Bertz CT molecular complexity index is 1500. The molecule has 0 bridgehead atoms. The molecule has 0 unspecified atom stereocenters. The molecular weight excluding hydrogens is 476 g/mol. The van der Waals surface area contributed by atoms with E-state index in [-0.39, 0.29) is 34.8 Å². The van der Waals surface area contributed by atoms with E-state index in [0.717, 1.165) is 18.2 Å². The summed E-state index contributed by atoms with van der Waals surface area (Å²) in [5.41, 5.74) is 2.23. The number of aromatic nitrogens is 1. The number of aliphatic hydroxyl groups is 2. The Morgan fingerprint density at radius 2 is 1.78 bits per heavy atom. The predicted molar refractivity (Wildman–Crippen MR) is 143 cm³/mol. The van der Waals surface area contributed by atoms with E-state index in [4.69, 9.17) is 0 Å². The van der Waals surface area contributed by atoms with Crippen molar-refractivity contribution >= 4 is 43.7 Å². The Morgan fingerprint density at radius 1 is 1.08 bits per heavy atom. The molecule has 0 amide bonds. The number of pyridine rings is 1. The molecule has 0 saturated heterocycles. The lowest BCUT2D eigenvalue weighted by Gasteiger charge is -2.37. The number of rotatable bonds is 6. The lowest BCUT2D eigenvalue weighted by atomic mass is 9.65. The van der Waals surface area contributed by atoms with E-state index >= 15 is 0 Å². The standard InChI is InChI=1S/C28H32N2O5S/c1-27(2,3)12-13-28(4)21-9-7-6-8-19(21)25(32)24(26(28)33)23-14-17(16-31)20-15-18(30-36(5,34)35)10-11-22(20)29-23/h6-11,14-15,30-32H,12-13,16H2,1-5H3/t28-/m1/s1. The molecule has 4 rings (SSSR count). The number of ketones is 1. The summed E-state index contributed by atoms with van der Waals surface area (Å²) in [6.07, 6.45) is 2.47. The molecule has 8 heteroatoms. The summed E-state index contributed by atoms with van der Waals surface area (Å²) in [6.45, 7) is 7.97. The highest BCUT2D eigenvalue weighted by Gasteiger charge is 2.45. The van der Waals surface area contributed by atoms with Gasteiger partial charge in [0.15, 0.2) is 5.78 Å². The van der Waals surface area contributed by atoms with Gasteiger partial charge in [0.05, 0.1) is 35.1 Å². The Hall–Kier alpha value is -3.23. The van der Waals surface area contributed by atoms with Gasteiger partial charge in [-0.2, -0.15) is 0 Å². The van der Waals surface area contributed by atoms with Crippen molar-refractivity contribution in [3.05, 3.63) is 70.9 Å². The predicted octanol–water partition coefficient (Wildman–Crippen LogP) is 5.19. The van der Waals surface area contributed by atoms with E-state index in [1.165, 1.54) is 0 Å². The van der Waals surface area contributed by atoms with Crippen molar-refractivity contribution in [1.82, 2.24) is 4.98 Å². The number of fused-ring (bicyclic) bond motifs is 2. The fraction of sp³-hybridized carbons (Fsp3) is 0.357. The van der Waals surface area contributed by atoms with Gasteiger partial charge in [0.2, 0.25) is 10.0 Å². The quantitative estimate of drug-likeness (QED) is 0.422. The van der Waals surface area contributed by atoms with Crippen molar-refractivity contribution in [2.24, 2.45) is 5.41 Å². The van der Waals surface area contributed by atoms with Crippen LogP contribution in [0, 0.1) is 5.41 Å². The van der Waals surface area contributed by atoms with E-state index in [9.17, 15) is 23.4 Å². The van der Waals surface area contributed by atoms with Gasteiger partial charge in [0.25, 0.3) is 0 Å². The largest absolute Gasteiger partial charge is 0.506 e. The molecule has 7 nitrogen and oxygen atoms in total. The summed E-state index contributed by atoms with van der Waals surface area (Å²) in [4.78, 5) is 18.8. The lowest BCUT2D eigenvalue weighted by Crippen LogP contribution is -2.38. The monoisotopic (exact) mass is 508 g/mol. The van der Waals surface area contributed by atoms with Crippen LogP contribution in [0.15, 0.2) is 48.5 Å². The van der Waals surface area contributed by atoms with Crippen LogP contribution in [-0.4, -0.2) is 35.7 Å². The lowest BCUT2D eigenvalue weighted by molar-refractivity contribution is -0.119. The maximum atomic E-state index is 14.1. The fourth-order valence-electron chi connectivity index (χ4n) is 4.75. The highest BCUT2D eigenvalue weighted by atomic mass is 32.2. The van der Waals surface area contributed by atoms with Gasteiger partial charge < -0.3 is 10.2 Å². The van der Waals surface area contributed by atoms with Crippen molar-refractivity contribution in [1.29, 1.82) is 0 Å². The van der Waals surface area contributed by atoms with Gasteiger partial charge in [-0.1, -0.05) is 45.0 Å². The Balaban J connectivity index is 1.90. The second kappa shape index (κ2) is 9.01. The second-order valence-corrected chi connectivity index (χ2v) is 12.7.